The van der Waals surface area contributed by atoms with Crippen molar-refractivity contribution in [2.45, 2.75) is 18.9 Å². The molecule has 1 saturated heterocycles. The second-order valence-corrected chi connectivity index (χ2v) is 3.82. The van der Waals surface area contributed by atoms with Gasteiger partial charge < -0.3 is 5.73 Å². The summed E-state index contributed by atoms with van der Waals surface area (Å²) in [6.07, 6.45) is 2.43. The minimum absolute atomic E-state index is 0.125. The molecule has 0 aromatic carbocycles. The maximum atomic E-state index is 11.9. The summed E-state index contributed by atoms with van der Waals surface area (Å²) in [7, 11) is 0. The van der Waals surface area contributed by atoms with Gasteiger partial charge in [0.1, 0.15) is 5.69 Å². The van der Waals surface area contributed by atoms with Crippen molar-refractivity contribution < 1.29 is 9.59 Å². The highest BCUT2D eigenvalue weighted by Crippen LogP contribution is 2.12. The summed E-state index contributed by atoms with van der Waals surface area (Å²) < 4.78 is 0. The lowest BCUT2D eigenvalue weighted by Gasteiger charge is -2.27. The number of aromatic nitrogens is 1. The lowest BCUT2D eigenvalue weighted by Crippen LogP contribution is -2.47. The Balaban J connectivity index is 2.14. The molecule has 1 unspecified atom stereocenters. The average Bonchev–Trinajstić information content (AvgIpc) is 2.29. The van der Waals surface area contributed by atoms with Gasteiger partial charge in [-0.3, -0.25) is 19.5 Å². The molecule has 0 bridgehead atoms. The van der Waals surface area contributed by atoms with E-state index in [4.69, 9.17) is 5.73 Å². The number of hydrogen-bond donors (Lipinski definition) is 1. The van der Waals surface area contributed by atoms with Crippen molar-refractivity contribution in [3.05, 3.63) is 30.1 Å². The highest BCUT2D eigenvalue weighted by atomic mass is 16.2. The number of pyridine rings is 1. The molecule has 1 atom stereocenters. The van der Waals surface area contributed by atoms with Crippen LogP contribution in [0.15, 0.2) is 24.4 Å². The maximum Gasteiger partial charge on any atom is 0.279 e. The van der Waals surface area contributed by atoms with Crippen LogP contribution in [-0.4, -0.2) is 34.3 Å². The number of rotatable bonds is 1. The number of hydrogen-bond acceptors (Lipinski definition) is 4. The maximum absolute atomic E-state index is 11.9. The Morgan fingerprint density at radius 1 is 1.50 bits per heavy atom. The standard InChI is InChI=1S/C11H13N3O2/c12-8-4-6-14(10(15)7-8)11(16)9-3-1-2-5-13-9/h1-3,5,8H,4,6-7,12H2. The Labute approximate surface area is 93.3 Å². The van der Waals surface area contributed by atoms with Crippen molar-refractivity contribution in [3.63, 3.8) is 0 Å². The van der Waals surface area contributed by atoms with Crippen molar-refractivity contribution >= 4 is 11.8 Å². The number of imide groups is 1. The third kappa shape index (κ3) is 2.09. The number of likely N-dealkylation sites (tertiary alicyclic amines) is 1. The number of carbonyl (C=O) groups is 2. The fourth-order valence-corrected chi connectivity index (χ4v) is 1.70. The van der Waals surface area contributed by atoms with E-state index in [1.54, 1.807) is 18.2 Å². The van der Waals surface area contributed by atoms with E-state index in [-0.39, 0.29) is 24.3 Å². The Morgan fingerprint density at radius 3 is 2.94 bits per heavy atom. The first-order chi connectivity index (χ1) is 7.68. The molecule has 5 nitrogen and oxygen atoms in total. The fourth-order valence-electron chi connectivity index (χ4n) is 1.70. The van der Waals surface area contributed by atoms with E-state index < -0.39 is 0 Å². The van der Waals surface area contributed by atoms with Crippen LogP contribution in [0.5, 0.6) is 0 Å². The lowest BCUT2D eigenvalue weighted by atomic mass is 10.1. The Kier molecular flexibility index (Phi) is 2.96. The summed E-state index contributed by atoms with van der Waals surface area (Å²) in [4.78, 5) is 28.7. The van der Waals surface area contributed by atoms with Crippen molar-refractivity contribution in [2.24, 2.45) is 5.73 Å². The van der Waals surface area contributed by atoms with Gasteiger partial charge in [-0.05, 0) is 18.6 Å². The number of amides is 2. The molecule has 1 aromatic heterocycles. The van der Waals surface area contributed by atoms with Crippen LogP contribution in [-0.2, 0) is 4.79 Å². The molecular formula is C11H13N3O2. The summed E-state index contributed by atoms with van der Waals surface area (Å²) in [5.74, 6) is -0.549. The monoisotopic (exact) mass is 219 g/mol. The number of carbonyl (C=O) groups excluding carboxylic acids is 2. The van der Waals surface area contributed by atoms with E-state index in [2.05, 4.69) is 4.98 Å². The van der Waals surface area contributed by atoms with E-state index in [0.29, 0.717) is 18.7 Å². The molecule has 1 fully saturated rings. The number of nitrogens with zero attached hydrogens (tertiary/aromatic N) is 2. The largest absolute Gasteiger partial charge is 0.327 e. The summed E-state index contributed by atoms with van der Waals surface area (Å²) in [6, 6.07) is 4.93. The van der Waals surface area contributed by atoms with Gasteiger partial charge in [0.25, 0.3) is 5.91 Å². The van der Waals surface area contributed by atoms with Crippen LogP contribution in [0.3, 0.4) is 0 Å². The van der Waals surface area contributed by atoms with Crippen molar-refractivity contribution in [1.29, 1.82) is 0 Å². The predicted molar refractivity (Wildman–Crippen MR) is 57.5 cm³/mol. The third-order valence-electron chi connectivity index (χ3n) is 2.59. The van der Waals surface area contributed by atoms with Crippen LogP contribution in [0.4, 0.5) is 0 Å². The van der Waals surface area contributed by atoms with Gasteiger partial charge in [0, 0.05) is 25.2 Å². The van der Waals surface area contributed by atoms with E-state index >= 15 is 0 Å². The second kappa shape index (κ2) is 4.40. The van der Waals surface area contributed by atoms with E-state index in [1.807, 2.05) is 0 Å². The van der Waals surface area contributed by atoms with Gasteiger partial charge in [-0.1, -0.05) is 6.07 Å². The van der Waals surface area contributed by atoms with Gasteiger partial charge in [0.2, 0.25) is 5.91 Å². The molecule has 2 amide bonds. The number of piperidine rings is 1. The first kappa shape index (κ1) is 10.8. The molecule has 84 valence electrons. The summed E-state index contributed by atoms with van der Waals surface area (Å²) in [5.41, 5.74) is 5.95. The molecule has 1 aliphatic rings. The topological polar surface area (TPSA) is 76.3 Å². The molecular weight excluding hydrogens is 206 g/mol. The van der Waals surface area contributed by atoms with E-state index in [9.17, 15) is 9.59 Å². The van der Waals surface area contributed by atoms with Crippen LogP contribution in [0, 0.1) is 0 Å². The Hall–Kier alpha value is -1.75. The zero-order chi connectivity index (χ0) is 11.5. The zero-order valence-electron chi connectivity index (χ0n) is 8.80. The van der Waals surface area contributed by atoms with Gasteiger partial charge >= 0.3 is 0 Å². The minimum atomic E-state index is -0.336. The van der Waals surface area contributed by atoms with E-state index in [0.717, 1.165) is 0 Å². The summed E-state index contributed by atoms with van der Waals surface area (Å²) in [6.45, 7) is 0.384. The highest BCUT2D eigenvalue weighted by molar-refractivity contribution is 6.04. The van der Waals surface area contributed by atoms with E-state index in [1.165, 1.54) is 11.1 Å². The van der Waals surface area contributed by atoms with Crippen molar-refractivity contribution in [2.75, 3.05) is 6.54 Å². The molecule has 1 aliphatic heterocycles. The van der Waals surface area contributed by atoms with Crippen LogP contribution in [0.1, 0.15) is 23.3 Å². The SMILES string of the molecule is NC1CCN(C(=O)c2ccccn2)C(=O)C1. The molecule has 2 rings (SSSR count). The van der Waals surface area contributed by atoms with Crippen LogP contribution in [0.2, 0.25) is 0 Å². The summed E-state index contributed by atoms with van der Waals surface area (Å²) in [5, 5.41) is 0. The predicted octanol–water partition coefficient (Wildman–Crippen LogP) is 0.171. The Bertz CT molecular complexity index is 405. The number of nitrogens with two attached hydrogens (primary N) is 1. The lowest BCUT2D eigenvalue weighted by molar-refractivity contribution is -0.130. The van der Waals surface area contributed by atoms with Gasteiger partial charge in [-0.15, -0.1) is 0 Å². The minimum Gasteiger partial charge on any atom is -0.327 e. The molecule has 2 heterocycles. The first-order valence-corrected chi connectivity index (χ1v) is 5.20. The molecule has 5 heteroatoms. The Morgan fingerprint density at radius 2 is 2.31 bits per heavy atom. The van der Waals surface area contributed by atoms with Crippen molar-refractivity contribution in [1.82, 2.24) is 9.88 Å². The normalized spacial score (nSPS) is 20.9. The van der Waals surface area contributed by atoms with Crippen LogP contribution in [0.25, 0.3) is 0 Å². The molecule has 2 N–H and O–H groups in total. The zero-order valence-corrected chi connectivity index (χ0v) is 8.80. The highest BCUT2D eigenvalue weighted by Gasteiger charge is 2.29. The quantitative estimate of drug-likeness (QED) is 0.683. The summed E-state index contributed by atoms with van der Waals surface area (Å²) >= 11 is 0. The van der Waals surface area contributed by atoms with Crippen molar-refractivity contribution in [3.8, 4) is 0 Å². The van der Waals surface area contributed by atoms with Gasteiger partial charge in [0.15, 0.2) is 0 Å². The molecule has 0 aliphatic carbocycles. The second-order valence-electron chi connectivity index (χ2n) is 3.82. The van der Waals surface area contributed by atoms with Gasteiger partial charge in [-0.25, -0.2) is 0 Å². The smallest absolute Gasteiger partial charge is 0.279 e. The van der Waals surface area contributed by atoms with Gasteiger partial charge in [0.05, 0.1) is 0 Å². The molecule has 16 heavy (non-hydrogen) atoms. The third-order valence-corrected chi connectivity index (χ3v) is 2.59. The van der Waals surface area contributed by atoms with Crippen LogP contribution < -0.4 is 5.73 Å². The first-order valence-electron chi connectivity index (χ1n) is 5.20. The van der Waals surface area contributed by atoms with Gasteiger partial charge in [-0.2, -0.15) is 0 Å². The molecule has 0 spiro atoms. The molecule has 0 radical (unpaired) electrons. The molecule has 0 saturated carbocycles. The average molecular weight is 219 g/mol. The van der Waals surface area contributed by atoms with Crippen LogP contribution >= 0.6 is 0 Å². The fraction of sp³-hybridized carbons (Fsp3) is 0.364. The molecule has 1 aromatic rings.